The Bertz CT molecular complexity index is 643. The second-order valence-corrected chi connectivity index (χ2v) is 8.05. The summed E-state index contributed by atoms with van der Waals surface area (Å²) in [5.41, 5.74) is 3.71. The Balaban J connectivity index is 0.00000243. The van der Waals surface area contributed by atoms with Crippen molar-refractivity contribution in [2.75, 3.05) is 40.0 Å². The molecule has 1 aliphatic carbocycles. The summed E-state index contributed by atoms with van der Waals surface area (Å²) in [5, 5.41) is 0. The average Bonchev–Trinajstić information content (AvgIpc) is 2.58. The molecule has 1 aromatic rings. The van der Waals surface area contributed by atoms with Crippen LogP contribution in [0.2, 0.25) is 0 Å². The minimum atomic E-state index is 0. The van der Waals surface area contributed by atoms with Crippen LogP contribution in [0.3, 0.4) is 0 Å². The number of methoxy groups -OCH3 is 1. The minimum absolute atomic E-state index is 0. The van der Waals surface area contributed by atoms with Crippen molar-refractivity contribution in [3.8, 4) is 0 Å². The van der Waals surface area contributed by atoms with E-state index in [-0.39, 0.29) is 17.8 Å². The summed E-state index contributed by atoms with van der Waals surface area (Å²) >= 11 is 0. The fraction of sp³-hybridized carbons (Fsp3) is 0.571. The van der Waals surface area contributed by atoms with Gasteiger partial charge in [0.05, 0.1) is 13.3 Å². The Labute approximate surface area is 163 Å². The molecule has 0 fully saturated rings. The largest absolute Gasteiger partial charge is 0.383 e. The summed E-state index contributed by atoms with van der Waals surface area (Å²) < 4.78 is 5.30. The Morgan fingerprint density at radius 1 is 1.12 bits per heavy atom. The number of Topliss-reactive ketones (excluding diaryl/α,β-unsaturated/α-hetero) is 1. The number of ketones is 1. The third-order valence-corrected chi connectivity index (χ3v) is 5.23. The summed E-state index contributed by atoms with van der Waals surface area (Å²) in [6.45, 7) is 8.59. The van der Waals surface area contributed by atoms with Crippen molar-refractivity contribution in [2.24, 2.45) is 5.41 Å². The maximum atomic E-state index is 12.7. The summed E-state index contributed by atoms with van der Waals surface area (Å²) in [6, 6.07) is 10.6. The van der Waals surface area contributed by atoms with Gasteiger partial charge in [0.15, 0.2) is 5.78 Å². The highest BCUT2D eigenvalue weighted by molar-refractivity contribution is 5.98. The Morgan fingerprint density at radius 3 is 2.54 bits per heavy atom. The number of hydrogen-bond acceptors (Lipinski definition) is 4. The highest BCUT2D eigenvalue weighted by atomic mass is 35.5. The van der Waals surface area contributed by atoms with Crippen molar-refractivity contribution in [3.05, 3.63) is 47.2 Å². The van der Waals surface area contributed by atoms with Gasteiger partial charge in [0.25, 0.3) is 0 Å². The molecule has 0 bridgehead atoms. The van der Waals surface area contributed by atoms with Gasteiger partial charge in [-0.3, -0.25) is 9.69 Å². The predicted molar refractivity (Wildman–Crippen MR) is 107 cm³/mol. The quantitative estimate of drug-likeness (QED) is 0.758. The molecule has 0 radical (unpaired) electrons. The molecule has 1 heterocycles. The third-order valence-electron chi connectivity index (χ3n) is 5.23. The van der Waals surface area contributed by atoms with E-state index in [1.54, 1.807) is 7.11 Å². The van der Waals surface area contributed by atoms with Gasteiger partial charge in [-0.15, -0.1) is 12.4 Å². The first-order valence-electron chi connectivity index (χ1n) is 9.24. The van der Waals surface area contributed by atoms with Crippen LogP contribution in [-0.4, -0.2) is 55.6 Å². The number of rotatable bonds is 6. The van der Waals surface area contributed by atoms with Gasteiger partial charge in [-0.2, -0.15) is 0 Å². The molecule has 0 saturated carbocycles. The van der Waals surface area contributed by atoms with E-state index in [2.05, 4.69) is 54.0 Å². The fourth-order valence-corrected chi connectivity index (χ4v) is 3.90. The molecular formula is C21H31ClN2O2. The van der Waals surface area contributed by atoms with Gasteiger partial charge >= 0.3 is 0 Å². The van der Waals surface area contributed by atoms with Crippen molar-refractivity contribution in [3.63, 3.8) is 0 Å². The SMILES string of the molecule is COCCN1CN(CCc2ccccc2)CC2=C1CC(C)(C)CC2=O.Cl. The van der Waals surface area contributed by atoms with Gasteiger partial charge in [0, 0.05) is 44.4 Å². The van der Waals surface area contributed by atoms with Gasteiger partial charge in [0.2, 0.25) is 0 Å². The van der Waals surface area contributed by atoms with E-state index in [9.17, 15) is 4.79 Å². The lowest BCUT2D eigenvalue weighted by Crippen LogP contribution is -2.49. The zero-order valence-corrected chi connectivity index (χ0v) is 17.0. The number of hydrogen-bond donors (Lipinski definition) is 0. The Hall–Kier alpha value is -1.36. The molecule has 0 spiro atoms. The van der Waals surface area contributed by atoms with E-state index in [1.165, 1.54) is 11.3 Å². The highest BCUT2D eigenvalue weighted by Gasteiger charge is 2.38. The molecule has 3 rings (SSSR count). The van der Waals surface area contributed by atoms with Gasteiger partial charge < -0.3 is 9.64 Å². The molecule has 0 unspecified atom stereocenters. The standard InChI is InChI=1S/C21H30N2O2.ClH/c1-21(2)13-19-18(20(24)14-21)15-22(16-23(19)11-12-25-3)10-9-17-7-5-4-6-8-17;/h4-8H,9-16H2,1-3H3;1H. The van der Waals surface area contributed by atoms with Crippen LogP contribution < -0.4 is 0 Å². The third kappa shape index (κ3) is 5.09. The number of nitrogens with zero attached hydrogens (tertiary/aromatic N) is 2. The molecular weight excluding hydrogens is 348 g/mol. The molecule has 0 atom stereocenters. The van der Waals surface area contributed by atoms with Crippen LogP contribution in [0, 0.1) is 5.41 Å². The summed E-state index contributed by atoms with van der Waals surface area (Å²) in [4.78, 5) is 17.5. The zero-order chi connectivity index (χ0) is 17.9. The van der Waals surface area contributed by atoms with Crippen molar-refractivity contribution in [2.45, 2.75) is 33.1 Å². The number of carbonyl (C=O) groups excluding carboxylic acids is 1. The molecule has 2 aliphatic rings. The monoisotopic (exact) mass is 378 g/mol. The molecule has 5 heteroatoms. The second-order valence-electron chi connectivity index (χ2n) is 8.05. The van der Waals surface area contributed by atoms with Gasteiger partial charge in [-0.1, -0.05) is 44.2 Å². The van der Waals surface area contributed by atoms with Crippen LogP contribution in [0.15, 0.2) is 41.6 Å². The van der Waals surface area contributed by atoms with Crippen molar-refractivity contribution < 1.29 is 9.53 Å². The summed E-state index contributed by atoms with van der Waals surface area (Å²) in [5.74, 6) is 0.332. The number of carbonyl (C=O) groups is 1. The normalized spacial score (nSPS) is 20.0. The van der Waals surface area contributed by atoms with Crippen LogP contribution in [0.25, 0.3) is 0 Å². The minimum Gasteiger partial charge on any atom is -0.383 e. The molecule has 0 amide bonds. The molecule has 4 nitrogen and oxygen atoms in total. The van der Waals surface area contributed by atoms with Crippen LogP contribution in [-0.2, 0) is 16.0 Å². The maximum absolute atomic E-state index is 12.7. The topological polar surface area (TPSA) is 32.8 Å². The summed E-state index contributed by atoms with van der Waals surface area (Å²) in [6.07, 6.45) is 2.67. The number of benzene rings is 1. The fourth-order valence-electron chi connectivity index (χ4n) is 3.90. The van der Waals surface area contributed by atoms with E-state index in [1.807, 2.05) is 0 Å². The molecule has 0 N–H and O–H groups in total. The van der Waals surface area contributed by atoms with E-state index in [0.717, 1.165) is 44.7 Å². The van der Waals surface area contributed by atoms with Crippen molar-refractivity contribution in [1.82, 2.24) is 9.80 Å². The average molecular weight is 379 g/mol. The lowest BCUT2D eigenvalue weighted by atomic mass is 9.75. The predicted octanol–water partition coefficient (Wildman–Crippen LogP) is 3.52. The number of halogens is 1. The van der Waals surface area contributed by atoms with Crippen LogP contribution >= 0.6 is 12.4 Å². The zero-order valence-electron chi connectivity index (χ0n) is 16.2. The second kappa shape index (κ2) is 9.03. The summed E-state index contributed by atoms with van der Waals surface area (Å²) in [7, 11) is 1.74. The van der Waals surface area contributed by atoms with Crippen molar-refractivity contribution in [1.29, 1.82) is 0 Å². The highest BCUT2D eigenvalue weighted by Crippen LogP contribution is 2.40. The Morgan fingerprint density at radius 2 is 1.85 bits per heavy atom. The number of ether oxygens (including phenoxy) is 1. The van der Waals surface area contributed by atoms with Crippen LogP contribution in [0.5, 0.6) is 0 Å². The molecule has 0 aromatic heterocycles. The van der Waals surface area contributed by atoms with E-state index < -0.39 is 0 Å². The molecule has 1 aromatic carbocycles. The van der Waals surface area contributed by atoms with Crippen LogP contribution in [0.1, 0.15) is 32.3 Å². The van der Waals surface area contributed by atoms with Gasteiger partial charge in [-0.05, 0) is 23.8 Å². The smallest absolute Gasteiger partial charge is 0.162 e. The molecule has 144 valence electrons. The first kappa shape index (κ1) is 20.9. The van der Waals surface area contributed by atoms with E-state index in [0.29, 0.717) is 18.8 Å². The van der Waals surface area contributed by atoms with Gasteiger partial charge in [0.1, 0.15) is 0 Å². The first-order valence-corrected chi connectivity index (χ1v) is 9.24. The lowest BCUT2D eigenvalue weighted by molar-refractivity contribution is -0.119. The number of allylic oxidation sites excluding steroid dienone is 1. The first-order chi connectivity index (χ1) is 12.0. The Kier molecular flexibility index (Phi) is 7.27. The van der Waals surface area contributed by atoms with E-state index >= 15 is 0 Å². The molecule has 26 heavy (non-hydrogen) atoms. The lowest BCUT2D eigenvalue weighted by Gasteiger charge is -2.45. The molecule has 1 aliphatic heterocycles. The molecule has 0 saturated heterocycles. The van der Waals surface area contributed by atoms with E-state index in [4.69, 9.17) is 4.74 Å². The van der Waals surface area contributed by atoms with Gasteiger partial charge in [-0.25, -0.2) is 0 Å². The van der Waals surface area contributed by atoms with Crippen molar-refractivity contribution >= 4 is 18.2 Å². The van der Waals surface area contributed by atoms with Crippen LogP contribution in [0.4, 0.5) is 0 Å². The maximum Gasteiger partial charge on any atom is 0.162 e.